The first-order valence-corrected chi connectivity index (χ1v) is 10.8. The van der Waals surface area contributed by atoms with E-state index in [0.717, 1.165) is 25.5 Å². The van der Waals surface area contributed by atoms with E-state index in [4.69, 9.17) is 0 Å². The summed E-state index contributed by atoms with van der Waals surface area (Å²) in [6, 6.07) is 3.86. The van der Waals surface area contributed by atoms with E-state index in [-0.39, 0.29) is 5.91 Å². The van der Waals surface area contributed by atoms with Crippen LogP contribution in [0.3, 0.4) is 0 Å². The first-order chi connectivity index (χ1) is 10.9. The monoisotopic (exact) mass is 509 g/mol. The van der Waals surface area contributed by atoms with Gasteiger partial charge in [-0.1, -0.05) is 74.7 Å². The molecular formula is C18H26Br3NO. The highest BCUT2D eigenvalue weighted by Crippen LogP contribution is 2.34. The maximum absolute atomic E-state index is 12.2. The number of halogens is 3. The highest BCUT2D eigenvalue weighted by atomic mass is 79.9. The van der Waals surface area contributed by atoms with Crippen molar-refractivity contribution in [3.8, 4) is 0 Å². The summed E-state index contributed by atoms with van der Waals surface area (Å²) in [4.78, 5) is 12.2. The molecule has 0 fully saturated rings. The number of benzene rings is 1. The van der Waals surface area contributed by atoms with Crippen molar-refractivity contribution in [3.63, 3.8) is 0 Å². The van der Waals surface area contributed by atoms with Gasteiger partial charge >= 0.3 is 0 Å². The van der Waals surface area contributed by atoms with Crippen molar-refractivity contribution in [3.05, 3.63) is 25.6 Å². The second-order valence-electron chi connectivity index (χ2n) is 6.16. The van der Waals surface area contributed by atoms with Gasteiger partial charge in [0.1, 0.15) is 0 Å². The van der Waals surface area contributed by atoms with E-state index in [1.54, 1.807) is 0 Å². The average Bonchev–Trinajstić information content (AvgIpc) is 2.46. The smallest absolute Gasteiger partial charge is 0.224 e. The maximum Gasteiger partial charge on any atom is 0.224 e. The van der Waals surface area contributed by atoms with Crippen LogP contribution in [0, 0.1) is 5.92 Å². The van der Waals surface area contributed by atoms with E-state index < -0.39 is 0 Å². The highest BCUT2D eigenvalue weighted by Gasteiger charge is 2.13. The number of rotatable bonds is 10. The lowest BCUT2D eigenvalue weighted by molar-refractivity contribution is -0.117. The largest absolute Gasteiger partial charge is 0.324 e. The molecule has 0 saturated heterocycles. The van der Waals surface area contributed by atoms with Crippen LogP contribution in [0.2, 0.25) is 0 Å². The number of nitrogens with one attached hydrogen (secondary N) is 1. The molecule has 0 aliphatic rings. The van der Waals surface area contributed by atoms with Gasteiger partial charge in [0.05, 0.1) is 5.69 Å². The molecule has 1 aromatic carbocycles. The molecule has 0 heterocycles. The molecule has 130 valence electrons. The molecule has 2 nitrogen and oxygen atoms in total. The Morgan fingerprint density at radius 3 is 2.22 bits per heavy atom. The lowest BCUT2D eigenvalue weighted by Crippen LogP contribution is -2.16. The predicted molar refractivity (Wildman–Crippen MR) is 110 cm³/mol. The van der Waals surface area contributed by atoms with Crippen LogP contribution in [-0.2, 0) is 4.79 Å². The van der Waals surface area contributed by atoms with Gasteiger partial charge in [-0.3, -0.25) is 4.79 Å². The molecule has 0 saturated carbocycles. The van der Waals surface area contributed by atoms with Gasteiger partial charge in [0.2, 0.25) is 5.91 Å². The predicted octanol–water partition coefficient (Wildman–Crippen LogP) is 7.69. The Labute approximate surface area is 165 Å². The van der Waals surface area contributed by atoms with Crippen LogP contribution in [0.4, 0.5) is 5.69 Å². The minimum Gasteiger partial charge on any atom is -0.324 e. The van der Waals surface area contributed by atoms with E-state index >= 15 is 0 Å². The van der Waals surface area contributed by atoms with Crippen LogP contribution in [-0.4, -0.2) is 5.91 Å². The molecule has 1 N–H and O–H groups in total. The second kappa shape index (κ2) is 11.6. The first-order valence-electron chi connectivity index (χ1n) is 8.38. The van der Waals surface area contributed by atoms with Crippen molar-refractivity contribution in [1.29, 1.82) is 0 Å². The fraction of sp³-hybridized carbons (Fsp3) is 0.611. The molecule has 0 aromatic heterocycles. The molecule has 1 aromatic rings. The summed E-state index contributed by atoms with van der Waals surface area (Å²) in [5, 5.41) is 3.00. The minimum atomic E-state index is 0.0761. The summed E-state index contributed by atoms with van der Waals surface area (Å²) in [5.74, 6) is 0.501. The molecular weight excluding hydrogens is 486 g/mol. The summed E-state index contributed by atoms with van der Waals surface area (Å²) >= 11 is 10.4. The molecule has 5 heteroatoms. The Bertz CT molecular complexity index is 482. The number of unbranched alkanes of at least 4 members (excludes halogenated alkanes) is 5. The van der Waals surface area contributed by atoms with Crippen LogP contribution in [0.15, 0.2) is 25.6 Å². The van der Waals surface area contributed by atoms with Gasteiger partial charge in [0, 0.05) is 19.8 Å². The summed E-state index contributed by atoms with van der Waals surface area (Å²) in [5.41, 5.74) is 0.796. The quantitative estimate of drug-likeness (QED) is 0.320. The van der Waals surface area contributed by atoms with Gasteiger partial charge in [-0.2, -0.15) is 0 Å². The van der Waals surface area contributed by atoms with Crippen LogP contribution in [0.5, 0.6) is 0 Å². The minimum absolute atomic E-state index is 0.0761. The van der Waals surface area contributed by atoms with Crippen LogP contribution in [0.1, 0.15) is 65.2 Å². The number of carbonyl (C=O) groups is 1. The van der Waals surface area contributed by atoms with Crippen LogP contribution >= 0.6 is 47.8 Å². The van der Waals surface area contributed by atoms with Gasteiger partial charge in [-0.25, -0.2) is 0 Å². The normalized spacial score (nSPS) is 12.2. The fourth-order valence-electron chi connectivity index (χ4n) is 2.54. The molecule has 23 heavy (non-hydrogen) atoms. The van der Waals surface area contributed by atoms with Gasteiger partial charge in [-0.15, -0.1) is 0 Å². The van der Waals surface area contributed by atoms with Gasteiger partial charge in [0.15, 0.2) is 0 Å². The standard InChI is InChI=1S/C18H26Br3NO/c1-3-4-5-6-7-8-9-13(2)10-17(23)22-18-15(20)11-14(19)12-16(18)21/h11-13H,3-10H2,1-2H3,(H,22,23)/t13-/m1/s1. The zero-order valence-corrected chi connectivity index (χ0v) is 18.7. The van der Waals surface area contributed by atoms with Crippen molar-refractivity contribution in [2.45, 2.75) is 65.2 Å². The van der Waals surface area contributed by atoms with Crippen LogP contribution in [0.25, 0.3) is 0 Å². The summed E-state index contributed by atoms with van der Waals surface area (Å²) in [7, 11) is 0. The molecule has 0 aliphatic carbocycles. The van der Waals surface area contributed by atoms with Crippen molar-refractivity contribution in [2.24, 2.45) is 5.92 Å². The summed E-state index contributed by atoms with van der Waals surface area (Å²) < 4.78 is 2.71. The van der Waals surface area contributed by atoms with Gasteiger partial charge < -0.3 is 5.32 Å². The van der Waals surface area contributed by atoms with Gasteiger partial charge in [-0.05, 0) is 49.9 Å². The maximum atomic E-state index is 12.2. The highest BCUT2D eigenvalue weighted by molar-refractivity contribution is 9.11. The third kappa shape index (κ3) is 8.69. The van der Waals surface area contributed by atoms with Gasteiger partial charge in [0.25, 0.3) is 0 Å². The second-order valence-corrected chi connectivity index (χ2v) is 8.78. The van der Waals surface area contributed by atoms with E-state index in [0.29, 0.717) is 12.3 Å². The number of amides is 1. The van der Waals surface area contributed by atoms with Crippen molar-refractivity contribution >= 4 is 59.4 Å². The van der Waals surface area contributed by atoms with Crippen molar-refractivity contribution < 1.29 is 4.79 Å². The Balaban J connectivity index is 2.33. The zero-order chi connectivity index (χ0) is 17.2. The lowest BCUT2D eigenvalue weighted by Gasteiger charge is -2.14. The topological polar surface area (TPSA) is 29.1 Å². The number of hydrogen-bond acceptors (Lipinski definition) is 1. The molecule has 1 rings (SSSR count). The molecule has 0 bridgehead atoms. The molecule has 1 atom stereocenters. The Morgan fingerprint density at radius 1 is 1.04 bits per heavy atom. The SMILES string of the molecule is CCCCCCCC[C@@H](C)CC(=O)Nc1c(Br)cc(Br)cc1Br. The van der Waals surface area contributed by atoms with E-state index in [9.17, 15) is 4.79 Å². The summed E-state index contributed by atoms with van der Waals surface area (Å²) in [6.45, 7) is 4.40. The lowest BCUT2D eigenvalue weighted by atomic mass is 9.98. The molecule has 1 amide bonds. The number of anilines is 1. The Kier molecular flexibility index (Phi) is 10.7. The molecule has 0 unspecified atom stereocenters. The first kappa shape index (κ1) is 21.2. The van der Waals surface area contributed by atoms with E-state index in [1.165, 1.54) is 38.5 Å². The molecule has 0 aliphatic heterocycles. The molecule has 0 radical (unpaired) electrons. The Morgan fingerprint density at radius 2 is 1.61 bits per heavy atom. The van der Waals surface area contributed by atoms with E-state index in [1.807, 2.05) is 12.1 Å². The third-order valence-corrected chi connectivity index (χ3v) is 5.56. The zero-order valence-electron chi connectivity index (χ0n) is 13.9. The fourth-order valence-corrected chi connectivity index (χ4v) is 5.00. The average molecular weight is 512 g/mol. The van der Waals surface area contributed by atoms with Crippen LogP contribution < -0.4 is 5.32 Å². The number of carbonyl (C=O) groups excluding carboxylic acids is 1. The number of hydrogen-bond donors (Lipinski definition) is 1. The van der Waals surface area contributed by atoms with Crippen molar-refractivity contribution in [1.82, 2.24) is 0 Å². The third-order valence-electron chi connectivity index (χ3n) is 3.86. The summed E-state index contributed by atoms with van der Waals surface area (Å²) in [6.07, 6.45) is 9.51. The van der Waals surface area contributed by atoms with E-state index in [2.05, 4.69) is 67.0 Å². The molecule has 0 spiro atoms. The van der Waals surface area contributed by atoms with Crippen molar-refractivity contribution in [2.75, 3.05) is 5.32 Å². The Hall–Kier alpha value is 0.130.